The summed E-state index contributed by atoms with van der Waals surface area (Å²) in [6, 6.07) is -1.91. The first-order chi connectivity index (χ1) is 9.72. The van der Waals surface area contributed by atoms with Crippen molar-refractivity contribution in [1.29, 1.82) is 0 Å². The van der Waals surface area contributed by atoms with Gasteiger partial charge in [-0.2, -0.15) is 0 Å². The fraction of sp³-hybridized carbons (Fsp3) is 0.667. The number of aliphatic carboxylic acids is 1. The summed E-state index contributed by atoms with van der Waals surface area (Å²) in [4.78, 5) is 44.3. The van der Waals surface area contributed by atoms with Gasteiger partial charge in [-0.05, 0) is 20.3 Å². The third-order valence-electron chi connectivity index (χ3n) is 2.37. The molecular formula is C12H22N4O5. The Labute approximate surface area is 122 Å². The Balaban J connectivity index is 4.06. The lowest BCUT2D eigenvalue weighted by molar-refractivity contribution is -0.139. The molecule has 0 heterocycles. The summed E-state index contributed by atoms with van der Waals surface area (Å²) in [7, 11) is 0. The standard InChI is InChI=1S/C12H22N4O5/c1-7(2)15-10(18)5-6-14-12(21)16-8(11(19)20)3-4-9(13)17/h7-8H,3-6H2,1-2H3,(H2,13,17)(H,15,18)(H,19,20)(H2,14,16,21)/t8-/m1/s1. The maximum atomic E-state index is 11.5. The number of amides is 4. The fourth-order valence-corrected chi connectivity index (χ4v) is 1.44. The molecule has 0 aliphatic carbocycles. The maximum absolute atomic E-state index is 11.5. The van der Waals surface area contributed by atoms with Crippen LogP contribution in [0.25, 0.3) is 0 Å². The number of carboxylic acids is 1. The van der Waals surface area contributed by atoms with Crippen molar-refractivity contribution in [3.63, 3.8) is 0 Å². The number of nitrogens with two attached hydrogens (primary N) is 1. The van der Waals surface area contributed by atoms with Crippen LogP contribution in [0.5, 0.6) is 0 Å². The summed E-state index contributed by atoms with van der Waals surface area (Å²) in [5.74, 6) is -2.12. The van der Waals surface area contributed by atoms with Crippen molar-refractivity contribution in [3.05, 3.63) is 0 Å². The Bertz CT molecular complexity index is 397. The third kappa shape index (κ3) is 10.2. The van der Waals surface area contributed by atoms with Crippen LogP contribution in [-0.2, 0) is 14.4 Å². The van der Waals surface area contributed by atoms with Crippen molar-refractivity contribution in [2.24, 2.45) is 5.73 Å². The molecule has 0 spiro atoms. The lowest BCUT2D eigenvalue weighted by Crippen LogP contribution is -2.47. The van der Waals surface area contributed by atoms with E-state index in [-0.39, 0.29) is 37.8 Å². The van der Waals surface area contributed by atoms with E-state index in [1.54, 1.807) is 0 Å². The first kappa shape index (κ1) is 18.7. The molecule has 0 aliphatic rings. The van der Waals surface area contributed by atoms with Gasteiger partial charge < -0.3 is 26.8 Å². The second-order valence-electron chi connectivity index (χ2n) is 4.77. The van der Waals surface area contributed by atoms with Crippen molar-refractivity contribution < 1.29 is 24.3 Å². The van der Waals surface area contributed by atoms with Gasteiger partial charge in [0.15, 0.2) is 0 Å². The van der Waals surface area contributed by atoms with Gasteiger partial charge in [-0.3, -0.25) is 9.59 Å². The summed E-state index contributed by atoms with van der Waals surface area (Å²) in [5.41, 5.74) is 4.92. The molecule has 120 valence electrons. The number of carbonyl (C=O) groups is 4. The fourth-order valence-electron chi connectivity index (χ4n) is 1.44. The van der Waals surface area contributed by atoms with Crippen molar-refractivity contribution >= 4 is 23.8 Å². The second kappa shape index (κ2) is 9.56. The molecule has 0 rings (SSSR count). The van der Waals surface area contributed by atoms with Gasteiger partial charge >= 0.3 is 12.0 Å². The summed E-state index contributed by atoms with van der Waals surface area (Å²) in [6.45, 7) is 3.70. The molecule has 9 heteroatoms. The Morgan fingerprint density at radius 3 is 2.19 bits per heavy atom. The van der Waals surface area contributed by atoms with Crippen LogP contribution in [0.2, 0.25) is 0 Å². The number of nitrogens with one attached hydrogen (secondary N) is 3. The molecule has 1 atom stereocenters. The van der Waals surface area contributed by atoms with Crippen LogP contribution in [0, 0.1) is 0 Å². The normalized spacial score (nSPS) is 11.6. The third-order valence-corrected chi connectivity index (χ3v) is 2.37. The van der Waals surface area contributed by atoms with Crippen LogP contribution in [0.1, 0.15) is 33.1 Å². The van der Waals surface area contributed by atoms with Crippen LogP contribution in [0.15, 0.2) is 0 Å². The molecule has 4 amide bonds. The lowest BCUT2D eigenvalue weighted by Gasteiger charge is -2.14. The number of urea groups is 1. The smallest absolute Gasteiger partial charge is 0.326 e. The van der Waals surface area contributed by atoms with Crippen LogP contribution < -0.4 is 21.7 Å². The predicted molar refractivity (Wildman–Crippen MR) is 74.3 cm³/mol. The van der Waals surface area contributed by atoms with E-state index >= 15 is 0 Å². The molecule has 0 radical (unpaired) electrons. The first-order valence-corrected chi connectivity index (χ1v) is 6.57. The van der Waals surface area contributed by atoms with E-state index < -0.39 is 23.9 Å². The van der Waals surface area contributed by atoms with Gasteiger partial charge in [0.2, 0.25) is 11.8 Å². The zero-order chi connectivity index (χ0) is 16.4. The molecule has 0 unspecified atom stereocenters. The van der Waals surface area contributed by atoms with Gasteiger partial charge in [-0.25, -0.2) is 9.59 Å². The van der Waals surface area contributed by atoms with E-state index in [1.165, 1.54) is 0 Å². The molecule has 0 saturated heterocycles. The highest BCUT2D eigenvalue weighted by Crippen LogP contribution is 1.97. The second-order valence-corrected chi connectivity index (χ2v) is 4.77. The highest BCUT2D eigenvalue weighted by Gasteiger charge is 2.20. The molecule has 21 heavy (non-hydrogen) atoms. The van der Waals surface area contributed by atoms with Crippen molar-refractivity contribution in [2.75, 3.05) is 6.54 Å². The molecule has 0 aromatic heterocycles. The van der Waals surface area contributed by atoms with Gasteiger partial charge in [0.05, 0.1) is 0 Å². The predicted octanol–water partition coefficient (Wildman–Crippen LogP) is -1.08. The van der Waals surface area contributed by atoms with Crippen molar-refractivity contribution in [2.45, 2.75) is 45.2 Å². The minimum Gasteiger partial charge on any atom is -0.480 e. The van der Waals surface area contributed by atoms with Gasteiger partial charge in [0.25, 0.3) is 0 Å². The number of hydrogen-bond acceptors (Lipinski definition) is 4. The number of hydrogen-bond donors (Lipinski definition) is 5. The molecule has 6 N–H and O–H groups in total. The van der Waals surface area contributed by atoms with Gasteiger partial charge in [0.1, 0.15) is 6.04 Å². The van der Waals surface area contributed by atoms with Crippen molar-refractivity contribution in [3.8, 4) is 0 Å². The average Bonchev–Trinajstić information content (AvgIpc) is 2.32. The van der Waals surface area contributed by atoms with Crippen LogP contribution in [0.4, 0.5) is 4.79 Å². The van der Waals surface area contributed by atoms with Crippen LogP contribution in [0.3, 0.4) is 0 Å². The number of rotatable bonds is 9. The Kier molecular flexibility index (Phi) is 8.51. The number of primary amides is 1. The number of carbonyl (C=O) groups excluding carboxylic acids is 3. The van der Waals surface area contributed by atoms with Crippen molar-refractivity contribution in [1.82, 2.24) is 16.0 Å². The minimum absolute atomic E-state index is 0.0107. The Morgan fingerprint density at radius 2 is 1.71 bits per heavy atom. The molecule has 0 saturated carbocycles. The topological polar surface area (TPSA) is 151 Å². The Morgan fingerprint density at radius 1 is 1.10 bits per heavy atom. The summed E-state index contributed by atoms with van der Waals surface area (Å²) in [6.07, 6.45) is -0.148. The number of carboxylic acid groups (broad SMARTS) is 1. The Hall–Kier alpha value is -2.32. The molecule has 9 nitrogen and oxygen atoms in total. The quantitative estimate of drug-likeness (QED) is 0.367. The largest absolute Gasteiger partial charge is 0.480 e. The summed E-state index contributed by atoms with van der Waals surface area (Å²) in [5, 5.41) is 16.1. The molecule has 0 aromatic carbocycles. The van der Waals surface area contributed by atoms with E-state index in [2.05, 4.69) is 16.0 Å². The zero-order valence-corrected chi connectivity index (χ0v) is 12.1. The molecule has 0 aliphatic heterocycles. The molecular weight excluding hydrogens is 280 g/mol. The molecule has 0 bridgehead atoms. The first-order valence-electron chi connectivity index (χ1n) is 6.57. The SMILES string of the molecule is CC(C)NC(=O)CCNC(=O)N[C@H](CCC(N)=O)C(=O)O. The molecule has 0 aromatic rings. The van der Waals surface area contributed by atoms with Crippen LogP contribution >= 0.6 is 0 Å². The van der Waals surface area contributed by atoms with Gasteiger partial charge in [-0.1, -0.05) is 0 Å². The average molecular weight is 302 g/mol. The van der Waals surface area contributed by atoms with Gasteiger partial charge in [0, 0.05) is 25.4 Å². The maximum Gasteiger partial charge on any atom is 0.326 e. The van der Waals surface area contributed by atoms with E-state index in [0.717, 1.165) is 0 Å². The van der Waals surface area contributed by atoms with E-state index in [4.69, 9.17) is 10.8 Å². The summed E-state index contributed by atoms with van der Waals surface area (Å²) >= 11 is 0. The highest BCUT2D eigenvalue weighted by atomic mass is 16.4. The summed E-state index contributed by atoms with van der Waals surface area (Å²) < 4.78 is 0. The highest BCUT2D eigenvalue weighted by molar-refractivity contribution is 5.83. The minimum atomic E-state index is -1.26. The van der Waals surface area contributed by atoms with E-state index in [1.807, 2.05) is 13.8 Å². The van der Waals surface area contributed by atoms with Crippen LogP contribution in [-0.4, -0.2) is 47.5 Å². The monoisotopic (exact) mass is 302 g/mol. The lowest BCUT2D eigenvalue weighted by atomic mass is 10.1. The van der Waals surface area contributed by atoms with Gasteiger partial charge in [-0.15, -0.1) is 0 Å². The van der Waals surface area contributed by atoms with E-state index in [0.29, 0.717) is 0 Å². The molecule has 0 fully saturated rings. The zero-order valence-electron chi connectivity index (χ0n) is 12.1. The van der Waals surface area contributed by atoms with E-state index in [9.17, 15) is 19.2 Å².